The van der Waals surface area contributed by atoms with Crippen molar-refractivity contribution < 1.29 is 4.39 Å². The van der Waals surface area contributed by atoms with Crippen LogP contribution >= 0.6 is 27.5 Å². The predicted molar refractivity (Wildman–Crippen MR) is 90.3 cm³/mol. The number of benzene rings is 2. The molecule has 21 heavy (non-hydrogen) atoms. The molecular weight excluding hydrogens is 353 g/mol. The van der Waals surface area contributed by atoms with Crippen LogP contribution in [0.25, 0.3) is 0 Å². The minimum Gasteiger partial charge on any atom is -0.310 e. The molecular formula is C17H18BrClFN. The van der Waals surface area contributed by atoms with E-state index < -0.39 is 0 Å². The van der Waals surface area contributed by atoms with Crippen LogP contribution in [-0.4, -0.2) is 6.54 Å². The van der Waals surface area contributed by atoms with E-state index in [2.05, 4.69) is 28.2 Å². The maximum atomic E-state index is 13.0. The molecule has 0 aliphatic rings. The molecule has 0 fully saturated rings. The number of rotatable bonds is 6. The largest absolute Gasteiger partial charge is 0.310 e. The first kappa shape index (κ1) is 16.5. The molecule has 2 aromatic carbocycles. The summed E-state index contributed by atoms with van der Waals surface area (Å²) in [7, 11) is 0. The van der Waals surface area contributed by atoms with Crippen molar-refractivity contribution in [2.24, 2.45) is 0 Å². The van der Waals surface area contributed by atoms with E-state index in [1.807, 2.05) is 30.3 Å². The molecule has 2 aromatic rings. The van der Waals surface area contributed by atoms with Crippen molar-refractivity contribution in [3.63, 3.8) is 0 Å². The Labute approximate surface area is 138 Å². The number of nitrogens with one attached hydrogen (secondary N) is 1. The highest BCUT2D eigenvalue weighted by atomic mass is 79.9. The average molecular weight is 371 g/mol. The zero-order valence-electron chi connectivity index (χ0n) is 11.9. The molecule has 0 saturated carbocycles. The van der Waals surface area contributed by atoms with Gasteiger partial charge in [-0.1, -0.05) is 52.7 Å². The van der Waals surface area contributed by atoms with Crippen molar-refractivity contribution in [1.82, 2.24) is 5.32 Å². The Bertz CT molecular complexity index is 586. The van der Waals surface area contributed by atoms with Crippen molar-refractivity contribution in [3.8, 4) is 0 Å². The second kappa shape index (κ2) is 7.92. The van der Waals surface area contributed by atoms with E-state index >= 15 is 0 Å². The van der Waals surface area contributed by atoms with Gasteiger partial charge in [0.25, 0.3) is 0 Å². The third-order valence-corrected chi connectivity index (χ3v) is 4.15. The van der Waals surface area contributed by atoms with Crippen molar-refractivity contribution >= 4 is 27.5 Å². The zero-order valence-corrected chi connectivity index (χ0v) is 14.2. The molecule has 1 N–H and O–H groups in total. The predicted octanol–water partition coefficient (Wildman–Crippen LogP) is 5.53. The SMILES string of the molecule is CCCNC(Cc1ccc(F)cc1)c1ccc(Br)cc1Cl. The summed E-state index contributed by atoms with van der Waals surface area (Å²) in [4.78, 5) is 0. The van der Waals surface area contributed by atoms with Crippen LogP contribution in [0, 0.1) is 5.82 Å². The summed E-state index contributed by atoms with van der Waals surface area (Å²) >= 11 is 9.79. The molecule has 1 nitrogen and oxygen atoms in total. The highest BCUT2D eigenvalue weighted by Crippen LogP contribution is 2.28. The Hall–Kier alpha value is -0.900. The second-order valence-electron chi connectivity index (χ2n) is 5.00. The molecule has 1 atom stereocenters. The first-order chi connectivity index (χ1) is 10.1. The van der Waals surface area contributed by atoms with Crippen molar-refractivity contribution in [2.45, 2.75) is 25.8 Å². The lowest BCUT2D eigenvalue weighted by Crippen LogP contribution is -2.24. The van der Waals surface area contributed by atoms with Gasteiger partial charge in [0.05, 0.1) is 0 Å². The average Bonchev–Trinajstić information content (AvgIpc) is 2.46. The first-order valence-electron chi connectivity index (χ1n) is 7.03. The molecule has 0 aliphatic heterocycles. The zero-order chi connectivity index (χ0) is 15.2. The monoisotopic (exact) mass is 369 g/mol. The summed E-state index contributed by atoms with van der Waals surface area (Å²) in [5, 5.41) is 4.25. The topological polar surface area (TPSA) is 12.0 Å². The Balaban J connectivity index is 2.22. The molecule has 4 heteroatoms. The Morgan fingerprint density at radius 1 is 1.19 bits per heavy atom. The van der Waals surface area contributed by atoms with Crippen LogP contribution in [0.2, 0.25) is 5.02 Å². The smallest absolute Gasteiger partial charge is 0.123 e. The highest BCUT2D eigenvalue weighted by Gasteiger charge is 2.15. The number of hydrogen-bond donors (Lipinski definition) is 1. The summed E-state index contributed by atoms with van der Waals surface area (Å²) in [6, 6.07) is 12.7. The summed E-state index contributed by atoms with van der Waals surface area (Å²) < 4.78 is 14.0. The van der Waals surface area contributed by atoms with Crippen LogP contribution < -0.4 is 5.32 Å². The Morgan fingerprint density at radius 2 is 1.90 bits per heavy atom. The van der Waals surface area contributed by atoms with E-state index in [0.29, 0.717) is 0 Å². The van der Waals surface area contributed by atoms with Crippen molar-refractivity contribution in [1.29, 1.82) is 0 Å². The summed E-state index contributed by atoms with van der Waals surface area (Å²) in [5.74, 6) is -0.210. The van der Waals surface area contributed by atoms with Gasteiger partial charge in [-0.05, 0) is 54.8 Å². The minimum absolute atomic E-state index is 0.121. The number of halogens is 3. The van der Waals surface area contributed by atoms with Gasteiger partial charge in [-0.3, -0.25) is 0 Å². The minimum atomic E-state index is -0.210. The van der Waals surface area contributed by atoms with Crippen LogP contribution in [-0.2, 0) is 6.42 Å². The van der Waals surface area contributed by atoms with Crippen LogP contribution in [0.4, 0.5) is 4.39 Å². The van der Waals surface area contributed by atoms with Crippen molar-refractivity contribution in [2.75, 3.05) is 6.54 Å². The van der Waals surface area contributed by atoms with Gasteiger partial charge in [-0.15, -0.1) is 0 Å². The van der Waals surface area contributed by atoms with E-state index in [0.717, 1.165) is 40.0 Å². The van der Waals surface area contributed by atoms with Crippen LogP contribution in [0.3, 0.4) is 0 Å². The van der Waals surface area contributed by atoms with Gasteiger partial charge in [0.15, 0.2) is 0 Å². The lowest BCUT2D eigenvalue weighted by atomic mass is 9.98. The fourth-order valence-electron chi connectivity index (χ4n) is 2.25. The third kappa shape index (κ3) is 4.80. The summed E-state index contributed by atoms with van der Waals surface area (Å²) in [5.41, 5.74) is 2.15. The van der Waals surface area contributed by atoms with Crippen LogP contribution in [0.15, 0.2) is 46.9 Å². The van der Waals surface area contributed by atoms with Crippen LogP contribution in [0.5, 0.6) is 0 Å². The molecule has 0 aliphatic carbocycles. The molecule has 0 saturated heterocycles. The highest BCUT2D eigenvalue weighted by molar-refractivity contribution is 9.10. The van der Waals surface area contributed by atoms with Gasteiger partial charge in [0.1, 0.15) is 5.82 Å². The van der Waals surface area contributed by atoms with Crippen LogP contribution in [0.1, 0.15) is 30.5 Å². The normalized spacial score (nSPS) is 12.4. The fraction of sp³-hybridized carbons (Fsp3) is 0.294. The Kier molecular flexibility index (Phi) is 6.22. The molecule has 2 rings (SSSR count). The molecule has 0 heterocycles. The second-order valence-corrected chi connectivity index (χ2v) is 6.33. The first-order valence-corrected chi connectivity index (χ1v) is 8.20. The van der Waals surface area contributed by atoms with Gasteiger partial charge in [0, 0.05) is 15.5 Å². The van der Waals surface area contributed by atoms with Gasteiger partial charge < -0.3 is 5.32 Å². The standard InChI is InChI=1S/C17H18BrClFN/c1-2-9-21-17(10-12-3-6-14(20)7-4-12)15-8-5-13(18)11-16(15)19/h3-8,11,17,21H,2,9-10H2,1H3. The molecule has 0 radical (unpaired) electrons. The molecule has 1 unspecified atom stereocenters. The summed E-state index contributed by atoms with van der Waals surface area (Å²) in [6.45, 7) is 3.05. The molecule has 0 spiro atoms. The van der Waals surface area contributed by atoms with Crippen molar-refractivity contribution in [3.05, 3.63) is 68.9 Å². The number of hydrogen-bond acceptors (Lipinski definition) is 1. The fourth-order valence-corrected chi connectivity index (χ4v) is 3.06. The molecule has 0 bridgehead atoms. The van der Waals surface area contributed by atoms with Gasteiger partial charge in [-0.2, -0.15) is 0 Å². The Morgan fingerprint density at radius 3 is 2.52 bits per heavy atom. The van der Waals surface area contributed by atoms with E-state index in [-0.39, 0.29) is 11.9 Å². The van der Waals surface area contributed by atoms with E-state index in [1.54, 1.807) is 0 Å². The lowest BCUT2D eigenvalue weighted by Gasteiger charge is -2.20. The van der Waals surface area contributed by atoms with E-state index in [4.69, 9.17) is 11.6 Å². The molecule has 0 amide bonds. The summed E-state index contributed by atoms with van der Waals surface area (Å²) in [6.07, 6.45) is 1.83. The van der Waals surface area contributed by atoms with E-state index in [9.17, 15) is 4.39 Å². The molecule has 112 valence electrons. The molecule has 0 aromatic heterocycles. The third-order valence-electron chi connectivity index (χ3n) is 3.33. The quantitative estimate of drug-likeness (QED) is 0.705. The maximum Gasteiger partial charge on any atom is 0.123 e. The van der Waals surface area contributed by atoms with Gasteiger partial charge in [-0.25, -0.2) is 4.39 Å². The van der Waals surface area contributed by atoms with Gasteiger partial charge >= 0.3 is 0 Å². The van der Waals surface area contributed by atoms with E-state index in [1.165, 1.54) is 12.1 Å². The lowest BCUT2D eigenvalue weighted by molar-refractivity contribution is 0.528. The van der Waals surface area contributed by atoms with Gasteiger partial charge in [0.2, 0.25) is 0 Å². The maximum absolute atomic E-state index is 13.0.